The predicted molar refractivity (Wildman–Crippen MR) is 70.2 cm³/mol. The van der Waals surface area contributed by atoms with Crippen LogP contribution in [0.2, 0.25) is 0 Å². The maximum Gasteiger partial charge on any atom is 0.303 e. The molecule has 0 aliphatic heterocycles. The largest absolute Gasteiger partial charge is 0.481 e. The van der Waals surface area contributed by atoms with Gasteiger partial charge in [0.25, 0.3) is 0 Å². The van der Waals surface area contributed by atoms with E-state index in [1.165, 1.54) is 0 Å². The smallest absolute Gasteiger partial charge is 0.303 e. The average Bonchev–Trinajstić information content (AvgIpc) is 2.28. The second-order valence-electron chi connectivity index (χ2n) is 5.69. The Hall–Kier alpha value is -1.06. The Morgan fingerprint density at radius 3 is 2.50 bits per heavy atom. The minimum absolute atomic E-state index is 0.0342. The molecule has 104 valence electrons. The minimum Gasteiger partial charge on any atom is -0.481 e. The average molecular weight is 255 g/mol. The second kappa shape index (κ2) is 6.76. The quantitative estimate of drug-likeness (QED) is 0.700. The number of hydrogen-bond donors (Lipinski definition) is 2. The van der Waals surface area contributed by atoms with Gasteiger partial charge < -0.3 is 10.4 Å². The molecule has 0 aromatic carbocycles. The lowest BCUT2D eigenvalue weighted by molar-refractivity contribution is -0.142. The summed E-state index contributed by atoms with van der Waals surface area (Å²) in [5, 5.41) is 11.8. The predicted octanol–water partition coefficient (Wildman–Crippen LogP) is 2.57. The molecule has 0 heterocycles. The number of rotatable bonds is 8. The van der Waals surface area contributed by atoms with E-state index in [9.17, 15) is 9.59 Å². The van der Waals surface area contributed by atoms with Gasteiger partial charge in [0, 0.05) is 12.5 Å². The number of carboxylic acid groups (broad SMARTS) is 1. The number of aliphatic carboxylic acids is 1. The van der Waals surface area contributed by atoms with E-state index in [4.69, 9.17) is 5.11 Å². The van der Waals surface area contributed by atoms with Gasteiger partial charge in [0.05, 0.1) is 6.42 Å². The molecular weight excluding hydrogens is 230 g/mol. The first-order chi connectivity index (χ1) is 8.49. The highest BCUT2D eigenvalue weighted by Crippen LogP contribution is 2.43. The zero-order chi connectivity index (χ0) is 13.6. The van der Waals surface area contributed by atoms with Crippen molar-refractivity contribution in [3.8, 4) is 0 Å². The van der Waals surface area contributed by atoms with Crippen molar-refractivity contribution in [2.75, 3.05) is 6.54 Å². The van der Waals surface area contributed by atoms with E-state index in [0.717, 1.165) is 38.5 Å². The van der Waals surface area contributed by atoms with Crippen molar-refractivity contribution in [3.05, 3.63) is 0 Å². The van der Waals surface area contributed by atoms with Crippen LogP contribution in [0.15, 0.2) is 0 Å². The zero-order valence-electron chi connectivity index (χ0n) is 11.5. The second-order valence-corrected chi connectivity index (χ2v) is 5.69. The van der Waals surface area contributed by atoms with Crippen molar-refractivity contribution in [2.45, 2.75) is 58.8 Å². The number of carbonyl (C=O) groups excluding carboxylic acids is 1. The Bertz CT molecular complexity index is 297. The van der Waals surface area contributed by atoms with Crippen molar-refractivity contribution >= 4 is 11.9 Å². The van der Waals surface area contributed by atoms with Gasteiger partial charge in [-0.3, -0.25) is 9.59 Å². The highest BCUT2D eigenvalue weighted by atomic mass is 16.4. The van der Waals surface area contributed by atoms with E-state index >= 15 is 0 Å². The van der Waals surface area contributed by atoms with Gasteiger partial charge in [-0.05, 0) is 24.7 Å². The van der Waals surface area contributed by atoms with E-state index in [2.05, 4.69) is 12.2 Å². The van der Waals surface area contributed by atoms with Gasteiger partial charge in [0.2, 0.25) is 5.91 Å². The topological polar surface area (TPSA) is 66.4 Å². The summed E-state index contributed by atoms with van der Waals surface area (Å²) in [4.78, 5) is 22.7. The number of unbranched alkanes of at least 4 members (excludes halogenated alkanes) is 1. The first-order valence-corrected chi connectivity index (χ1v) is 6.98. The number of amides is 1. The van der Waals surface area contributed by atoms with E-state index < -0.39 is 5.97 Å². The van der Waals surface area contributed by atoms with E-state index in [-0.39, 0.29) is 23.7 Å². The summed E-state index contributed by atoms with van der Waals surface area (Å²) in [7, 11) is 0. The number of carboxylic acids is 1. The van der Waals surface area contributed by atoms with Gasteiger partial charge in [0.15, 0.2) is 0 Å². The van der Waals surface area contributed by atoms with Crippen molar-refractivity contribution in [1.82, 2.24) is 5.32 Å². The van der Waals surface area contributed by atoms with E-state index in [0.29, 0.717) is 6.54 Å². The molecule has 2 N–H and O–H groups in total. The van der Waals surface area contributed by atoms with Crippen LogP contribution in [0.25, 0.3) is 0 Å². The highest BCUT2D eigenvalue weighted by Gasteiger charge is 2.39. The van der Waals surface area contributed by atoms with Gasteiger partial charge >= 0.3 is 5.97 Å². The molecule has 4 heteroatoms. The summed E-state index contributed by atoms with van der Waals surface area (Å²) in [5.74, 6) is -0.657. The molecule has 0 radical (unpaired) electrons. The van der Waals surface area contributed by atoms with Crippen LogP contribution in [-0.4, -0.2) is 23.5 Å². The van der Waals surface area contributed by atoms with Crippen LogP contribution in [0.5, 0.6) is 0 Å². The maximum atomic E-state index is 11.9. The Balaban J connectivity index is 2.34. The molecule has 0 aromatic heterocycles. The Labute approximate surface area is 109 Å². The lowest BCUT2D eigenvalue weighted by atomic mass is 9.66. The van der Waals surface area contributed by atoms with E-state index in [1.807, 2.05) is 6.92 Å². The van der Waals surface area contributed by atoms with Gasteiger partial charge in [-0.1, -0.05) is 33.1 Å². The highest BCUT2D eigenvalue weighted by molar-refractivity contribution is 5.78. The molecule has 1 unspecified atom stereocenters. The fraction of sp³-hybridized carbons (Fsp3) is 0.857. The normalized spacial score (nSPS) is 18.8. The maximum absolute atomic E-state index is 11.9. The first-order valence-electron chi connectivity index (χ1n) is 6.98. The molecule has 0 aromatic rings. The van der Waals surface area contributed by atoms with E-state index in [1.54, 1.807) is 0 Å². The lowest BCUT2D eigenvalue weighted by Gasteiger charge is -2.41. The molecule has 18 heavy (non-hydrogen) atoms. The van der Waals surface area contributed by atoms with Gasteiger partial charge in [-0.15, -0.1) is 0 Å². The third-order valence-electron chi connectivity index (χ3n) is 4.02. The third-order valence-corrected chi connectivity index (χ3v) is 4.02. The van der Waals surface area contributed by atoms with Crippen LogP contribution in [0.1, 0.15) is 58.8 Å². The first kappa shape index (κ1) is 15.0. The van der Waals surface area contributed by atoms with Crippen LogP contribution in [0.3, 0.4) is 0 Å². The third kappa shape index (κ3) is 4.31. The number of carbonyl (C=O) groups is 2. The zero-order valence-corrected chi connectivity index (χ0v) is 11.5. The molecular formula is C14H25NO3. The Kier molecular flexibility index (Phi) is 5.63. The van der Waals surface area contributed by atoms with Crippen LogP contribution in [0.4, 0.5) is 0 Å². The van der Waals surface area contributed by atoms with Crippen molar-refractivity contribution in [3.63, 3.8) is 0 Å². The fourth-order valence-corrected chi connectivity index (χ4v) is 2.50. The van der Waals surface area contributed by atoms with Crippen molar-refractivity contribution < 1.29 is 14.7 Å². The minimum atomic E-state index is -0.761. The van der Waals surface area contributed by atoms with Crippen LogP contribution in [0, 0.1) is 11.3 Å². The summed E-state index contributed by atoms with van der Waals surface area (Å²) in [6.45, 7) is 4.57. The van der Waals surface area contributed by atoms with Crippen LogP contribution >= 0.6 is 0 Å². The molecule has 0 spiro atoms. The fourth-order valence-electron chi connectivity index (χ4n) is 2.50. The molecule has 0 bridgehead atoms. The standard InChI is InChI=1S/C14H25NO3/c1-3-4-6-11(2)13(18)15-10-14(7-5-8-14)9-12(16)17/h11H,3-10H2,1-2H3,(H,15,18)(H,16,17). The lowest BCUT2D eigenvalue weighted by Crippen LogP contribution is -2.44. The van der Waals surface area contributed by atoms with Crippen molar-refractivity contribution in [1.29, 1.82) is 0 Å². The Morgan fingerprint density at radius 1 is 1.39 bits per heavy atom. The monoisotopic (exact) mass is 255 g/mol. The molecule has 1 fully saturated rings. The molecule has 1 saturated carbocycles. The molecule has 1 aliphatic carbocycles. The summed E-state index contributed by atoms with van der Waals surface area (Å²) >= 11 is 0. The summed E-state index contributed by atoms with van der Waals surface area (Å²) in [5.41, 5.74) is -0.175. The molecule has 1 aliphatic rings. The Morgan fingerprint density at radius 2 is 2.06 bits per heavy atom. The molecule has 4 nitrogen and oxygen atoms in total. The molecule has 1 atom stereocenters. The van der Waals surface area contributed by atoms with Gasteiger partial charge in [0.1, 0.15) is 0 Å². The summed E-state index contributed by atoms with van der Waals surface area (Å²) in [6, 6.07) is 0. The summed E-state index contributed by atoms with van der Waals surface area (Å²) in [6.07, 6.45) is 6.17. The molecule has 1 amide bonds. The van der Waals surface area contributed by atoms with Gasteiger partial charge in [-0.25, -0.2) is 0 Å². The van der Waals surface area contributed by atoms with Gasteiger partial charge in [-0.2, -0.15) is 0 Å². The SMILES string of the molecule is CCCCC(C)C(=O)NCC1(CC(=O)O)CCC1. The number of hydrogen-bond acceptors (Lipinski definition) is 2. The van der Waals surface area contributed by atoms with Crippen LogP contribution < -0.4 is 5.32 Å². The number of nitrogens with one attached hydrogen (secondary N) is 1. The molecule has 0 saturated heterocycles. The van der Waals surface area contributed by atoms with Crippen molar-refractivity contribution in [2.24, 2.45) is 11.3 Å². The van der Waals surface area contributed by atoms with Crippen LogP contribution in [-0.2, 0) is 9.59 Å². The molecule has 1 rings (SSSR count). The summed E-state index contributed by atoms with van der Waals surface area (Å²) < 4.78 is 0.